The molecule has 3 aromatic rings. The van der Waals surface area contributed by atoms with E-state index in [9.17, 15) is 4.79 Å². The van der Waals surface area contributed by atoms with Crippen LogP contribution < -0.4 is 5.32 Å². The molecule has 144 valence electrons. The molecule has 5 nitrogen and oxygen atoms in total. The molecule has 4 rings (SSSR count). The summed E-state index contributed by atoms with van der Waals surface area (Å²) in [5.41, 5.74) is 5.93. The van der Waals surface area contributed by atoms with E-state index < -0.39 is 0 Å². The summed E-state index contributed by atoms with van der Waals surface area (Å²) in [5.74, 6) is 0.394. The fraction of sp³-hybridized carbons (Fsp3) is 0.304. The van der Waals surface area contributed by atoms with E-state index in [1.54, 1.807) is 0 Å². The molecular weight excluding hydrogens is 348 g/mol. The minimum atomic E-state index is -0.0446. The number of fused-ring (bicyclic) bond motifs is 1. The number of aryl methyl sites for hydroxylation is 1. The minimum Gasteiger partial charge on any atom is -0.347 e. The molecule has 0 fully saturated rings. The molecule has 2 heterocycles. The number of aromatic nitrogens is 2. The van der Waals surface area contributed by atoms with Gasteiger partial charge in [0, 0.05) is 38.2 Å². The molecule has 0 saturated heterocycles. The number of rotatable bonds is 6. The van der Waals surface area contributed by atoms with Gasteiger partial charge in [0.15, 0.2) is 0 Å². The summed E-state index contributed by atoms with van der Waals surface area (Å²) in [4.78, 5) is 21.6. The van der Waals surface area contributed by atoms with E-state index in [2.05, 4.69) is 62.6 Å². The topological polar surface area (TPSA) is 61.0 Å². The summed E-state index contributed by atoms with van der Waals surface area (Å²) >= 11 is 0. The standard InChI is InChI=1S/C23H26N4O/c1-17(28)26-21-11-8-19(9-12-21)13-27-14-20(23-22(15-27)24-16-25-23)10-7-18-5-3-2-4-6-18/h2-6,8-9,11-12,16,20H,7,10,13-15H2,1H3,(H,24,25)(H,26,28). The average molecular weight is 374 g/mol. The van der Waals surface area contributed by atoms with E-state index in [4.69, 9.17) is 0 Å². The number of nitrogens with zero attached hydrogens (tertiary/aromatic N) is 2. The Hall–Kier alpha value is -2.92. The van der Waals surface area contributed by atoms with Crippen molar-refractivity contribution in [1.29, 1.82) is 0 Å². The molecule has 1 aliphatic rings. The van der Waals surface area contributed by atoms with Crippen LogP contribution in [0.5, 0.6) is 0 Å². The third kappa shape index (κ3) is 4.49. The van der Waals surface area contributed by atoms with Crippen LogP contribution in [0.2, 0.25) is 0 Å². The zero-order chi connectivity index (χ0) is 19.3. The van der Waals surface area contributed by atoms with E-state index in [1.807, 2.05) is 18.5 Å². The van der Waals surface area contributed by atoms with Crippen LogP contribution >= 0.6 is 0 Å². The Morgan fingerprint density at radius 3 is 2.68 bits per heavy atom. The lowest BCUT2D eigenvalue weighted by Gasteiger charge is -2.32. The van der Waals surface area contributed by atoms with Gasteiger partial charge in [-0.15, -0.1) is 0 Å². The number of imidazole rings is 1. The Kier molecular flexibility index (Phi) is 5.53. The predicted octanol–water partition coefficient (Wildman–Crippen LogP) is 4.10. The molecule has 2 aromatic carbocycles. The molecule has 0 aliphatic carbocycles. The van der Waals surface area contributed by atoms with Crippen molar-refractivity contribution in [3.8, 4) is 0 Å². The fourth-order valence-electron chi connectivity index (χ4n) is 3.99. The van der Waals surface area contributed by atoms with Gasteiger partial charge in [0.1, 0.15) is 0 Å². The molecule has 1 atom stereocenters. The summed E-state index contributed by atoms with van der Waals surface area (Å²) in [6, 6.07) is 18.8. The highest BCUT2D eigenvalue weighted by Crippen LogP contribution is 2.30. The lowest BCUT2D eigenvalue weighted by atomic mass is 9.91. The molecule has 0 saturated carbocycles. The van der Waals surface area contributed by atoms with Crippen molar-refractivity contribution in [2.75, 3.05) is 11.9 Å². The summed E-state index contributed by atoms with van der Waals surface area (Å²) in [7, 11) is 0. The minimum absolute atomic E-state index is 0.0446. The second-order valence-electron chi connectivity index (χ2n) is 7.54. The molecule has 0 bridgehead atoms. The smallest absolute Gasteiger partial charge is 0.221 e. The fourth-order valence-corrected chi connectivity index (χ4v) is 3.99. The van der Waals surface area contributed by atoms with Crippen LogP contribution in [0, 0.1) is 0 Å². The Bertz CT molecular complexity index is 917. The molecule has 2 N–H and O–H groups in total. The van der Waals surface area contributed by atoms with Crippen LogP contribution in [-0.2, 0) is 24.3 Å². The van der Waals surface area contributed by atoms with Gasteiger partial charge in [-0.3, -0.25) is 9.69 Å². The van der Waals surface area contributed by atoms with Gasteiger partial charge in [0.25, 0.3) is 0 Å². The van der Waals surface area contributed by atoms with Crippen molar-refractivity contribution in [1.82, 2.24) is 14.9 Å². The van der Waals surface area contributed by atoms with Gasteiger partial charge in [-0.1, -0.05) is 42.5 Å². The molecule has 0 radical (unpaired) electrons. The van der Waals surface area contributed by atoms with Crippen molar-refractivity contribution in [2.45, 2.75) is 38.8 Å². The summed E-state index contributed by atoms with van der Waals surface area (Å²) in [6.07, 6.45) is 3.99. The van der Waals surface area contributed by atoms with E-state index in [1.165, 1.54) is 29.4 Å². The molecule has 1 aromatic heterocycles. The normalized spacial score (nSPS) is 16.5. The van der Waals surface area contributed by atoms with Crippen LogP contribution in [0.3, 0.4) is 0 Å². The van der Waals surface area contributed by atoms with Crippen LogP contribution in [0.1, 0.15) is 41.8 Å². The third-order valence-electron chi connectivity index (χ3n) is 5.30. The summed E-state index contributed by atoms with van der Waals surface area (Å²) in [6.45, 7) is 4.32. The second kappa shape index (κ2) is 8.40. The number of benzene rings is 2. The quantitative estimate of drug-likeness (QED) is 0.683. The molecule has 1 aliphatic heterocycles. The van der Waals surface area contributed by atoms with Gasteiger partial charge < -0.3 is 10.3 Å². The van der Waals surface area contributed by atoms with E-state index >= 15 is 0 Å². The van der Waals surface area contributed by atoms with Gasteiger partial charge in [-0.25, -0.2) is 4.98 Å². The number of nitrogens with one attached hydrogen (secondary N) is 2. The number of carbonyl (C=O) groups excluding carboxylic acids is 1. The molecule has 28 heavy (non-hydrogen) atoms. The van der Waals surface area contributed by atoms with E-state index in [0.29, 0.717) is 5.92 Å². The molecule has 1 unspecified atom stereocenters. The van der Waals surface area contributed by atoms with Gasteiger partial charge in [0.2, 0.25) is 5.91 Å². The number of anilines is 1. The van der Waals surface area contributed by atoms with Crippen molar-refractivity contribution >= 4 is 11.6 Å². The van der Waals surface area contributed by atoms with Gasteiger partial charge in [-0.05, 0) is 36.1 Å². The Labute approximate surface area is 165 Å². The molecule has 0 spiro atoms. The lowest BCUT2D eigenvalue weighted by molar-refractivity contribution is -0.114. The van der Waals surface area contributed by atoms with Crippen LogP contribution in [0.25, 0.3) is 0 Å². The zero-order valence-corrected chi connectivity index (χ0v) is 16.2. The molecule has 1 amide bonds. The number of aromatic amines is 1. The van der Waals surface area contributed by atoms with Crippen molar-refractivity contribution in [3.05, 3.63) is 83.4 Å². The van der Waals surface area contributed by atoms with Crippen molar-refractivity contribution < 1.29 is 4.79 Å². The maximum absolute atomic E-state index is 11.2. The highest BCUT2D eigenvalue weighted by atomic mass is 16.1. The lowest BCUT2D eigenvalue weighted by Crippen LogP contribution is -2.33. The monoisotopic (exact) mass is 374 g/mol. The molecule has 5 heteroatoms. The van der Waals surface area contributed by atoms with Crippen molar-refractivity contribution in [3.63, 3.8) is 0 Å². The number of hydrogen-bond donors (Lipinski definition) is 2. The van der Waals surface area contributed by atoms with Gasteiger partial charge in [-0.2, -0.15) is 0 Å². The zero-order valence-electron chi connectivity index (χ0n) is 16.2. The second-order valence-corrected chi connectivity index (χ2v) is 7.54. The van der Waals surface area contributed by atoms with Gasteiger partial charge >= 0.3 is 0 Å². The number of carbonyl (C=O) groups is 1. The van der Waals surface area contributed by atoms with Crippen molar-refractivity contribution in [2.24, 2.45) is 0 Å². The maximum Gasteiger partial charge on any atom is 0.221 e. The average Bonchev–Trinajstić information content (AvgIpc) is 3.17. The van der Waals surface area contributed by atoms with Crippen LogP contribution in [0.15, 0.2) is 60.9 Å². The summed E-state index contributed by atoms with van der Waals surface area (Å²) < 4.78 is 0. The van der Waals surface area contributed by atoms with Gasteiger partial charge in [0.05, 0.1) is 17.7 Å². The first kappa shape index (κ1) is 18.4. The highest BCUT2D eigenvalue weighted by molar-refractivity contribution is 5.88. The maximum atomic E-state index is 11.2. The first-order valence-corrected chi connectivity index (χ1v) is 9.82. The SMILES string of the molecule is CC(=O)Nc1ccc(CN2Cc3[nH]cnc3C(CCc3ccccc3)C2)cc1. The first-order valence-electron chi connectivity index (χ1n) is 9.82. The van der Waals surface area contributed by atoms with Crippen LogP contribution in [0.4, 0.5) is 5.69 Å². The Morgan fingerprint density at radius 1 is 1.14 bits per heavy atom. The number of amides is 1. The first-order chi connectivity index (χ1) is 13.7. The highest BCUT2D eigenvalue weighted by Gasteiger charge is 2.27. The number of H-pyrrole nitrogens is 1. The van der Waals surface area contributed by atoms with E-state index in [0.717, 1.165) is 38.2 Å². The summed E-state index contributed by atoms with van der Waals surface area (Å²) in [5, 5.41) is 2.82. The third-order valence-corrected chi connectivity index (χ3v) is 5.30. The largest absolute Gasteiger partial charge is 0.347 e. The predicted molar refractivity (Wildman–Crippen MR) is 111 cm³/mol. The van der Waals surface area contributed by atoms with Crippen LogP contribution in [-0.4, -0.2) is 27.3 Å². The Balaban J connectivity index is 1.42. The number of hydrogen-bond acceptors (Lipinski definition) is 3. The molecular formula is C23H26N4O. The Morgan fingerprint density at radius 2 is 1.93 bits per heavy atom. The van der Waals surface area contributed by atoms with E-state index in [-0.39, 0.29) is 5.91 Å².